The van der Waals surface area contributed by atoms with Gasteiger partial charge in [-0.05, 0) is 63.7 Å². The number of rotatable bonds is 7. The van der Waals surface area contributed by atoms with E-state index in [1.54, 1.807) is 29.9 Å². The number of hydrogen-bond acceptors (Lipinski definition) is 8. The lowest BCUT2D eigenvalue weighted by molar-refractivity contribution is 0.669. The number of thiophene rings is 1. The molecule has 0 saturated carbocycles. The molecule has 0 amide bonds. The Labute approximate surface area is 359 Å². The van der Waals surface area contributed by atoms with Crippen molar-refractivity contribution < 1.29 is 4.42 Å². The molecular formula is C54H32N6OS. The van der Waals surface area contributed by atoms with Crippen molar-refractivity contribution in [1.82, 2.24) is 29.9 Å². The molecule has 0 bridgehead atoms. The van der Waals surface area contributed by atoms with E-state index in [4.69, 9.17) is 19.4 Å². The number of furan rings is 1. The summed E-state index contributed by atoms with van der Waals surface area (Å²) in [6.45, 7) is 0. The standard InChI is InChI=1S/C54H32N6OS/c1-2-10-36(11-3-1)52-58-53(44-18-6-17-43-47-39(13-7-20-46(47)61-48(43)44)34-25-27-37(28-26-34)51-56-30-9-31-57-51)60-54(59-52)45-19-5-16-42-41-15-4-14-40(49(41)62-50(42)45)35-23-21-33(22-24-35)38-12-8-29-55-32-38/h1-32H. The van der Waals surface area contributed by atoms with Gasteiger partial charge in [0.2, 0.25) is 0 Å². The third kappa shape index (κ3) is 6.12. The zero-order valence-electron chi connectivity index (χ0n) is 33.0. The van der Waals surface area contributed by atoms with Gasteiger partial charge in [-0.1, -0.05) is 140 Å². The minimum Gasteiger partial charge on any atom is -0.455 e. The smallest absolute Gasteiger partial charge is 0.167 e. The zero-order chi connectivity index (χ0) is 41.0. The maximum absolute atomic E-state index is 6.76. The number of fused-ring (bicyclic) bond motifs is 6. The van der Waals surface area contributed by atoms with Gasteiger partial charge >= 0.3 is 0 Å². The van der Waals surface area contributed by atoms with Gasteiger partial charge in [-0.15, -0.1) is 11.3 Å². The van der Waals surface area contributed by atoms with E-state index in [-0.39, 0.29) is 0 Å². The first kappa shape index (κ1) is 35.7. The van der Waals surface area contributed by atoms with Crippen molar-refractivity contribution in [3.05, 3.63) is 195 Å². The Morgan fingerprint density at radius 1 is 0.355 bits per heavy atom. The van der Waals surface area contributed by atoms with Crippen LogP contribution in [-0.4, -0.2) is 29.9 Å². The Hall–Kier alpha value is -8.20. The molecule has 0 radical (unpaired) electrons. The lowest BCUT2D eigenvalue weighted by Gasteiger charge is -2.09. The van der Waals surface area contributed by atoms with Crippen LogP contribution in [0.5, 0.6) is 0 Å². The van der Waals surface area contributed by atoms with Gasteiger partial charge in [-0.3, -0.25) is 4.98 Å². The number of nitrogens with zero attached hydrogens (tertiary/aromatic N) is 6. The Morgan fingerprint density at radius 3 is 1.66 bits per heavy atom. The molecule has 0 unspecified atom stereocenters. The maximum atomic E-state index is 6.76. The first-order valence-corrected chi connectivity index (χ1v) is 21.1. The van der Waals surface area contributed by atoms with Gasteiger partial charge in [0.05, 0.1) is 5.56 Å². The molecule has 0 aliphatic rings. The lowest BCUT2D eigenvalue weighted by atomic mass is 9.97. The molecule has 0 aliphatic heterocycles. The molecule has 62 heavy (non-hydrogen) atoms. The Bertz CT molecular complexity index is 3580. The third-order valence-corrected chi connectivity index (χ3v) is 12.7. The van der Waals surface area contributed by atoms with Crippen LogP contribution in [0.15, 0.2) is 199 Å². The van der Waals surface area contributed by atoms with Crippen LogP contribution >= 0.6 is 11.3 Å². The molecule has 7 nitrogen and oxygen atoms in total. The first-order chi connectivity index (χ1) is 30.7. The summed E-state index contributed by atoms with van der Waals surface area (Å²) in [4.78, 5) is 28.8. The molecule has 0 spiro atoms. The summed E-state index contributed by atoms with van der Waals surface area (Å²) in [5, 5.41) is 4.38. The fourth-order valence-electron chi connectivity index (χ4n) is 8.44. The molecule has 0 aliphatic carbocycles. The molecular weight excluding hydrogens is 781 g/mol. The summed E-state index contributed by atoms with van der Waals surface area (Å²) in [6, 6.07) is 58.5. The highest BCUT2D eigenvalue weighted by atomic mass is 32.1. The largest absolute Gasteiger partial charge is 0.455 e. The van der Waals surface area contributed by atoms with Crippen LogP contribution in [0.1, 0.15) is 0 Å². The molecule has 12 rings (SSSR count). The number of benzene rings is 7. The second-order valence-electron chi connectivity index (χ2n) is 15.1. The number of para-hydroxylation sites is 1. The summed E-state index contributed by atoms with van der Waals surface area (Å²) in [7, 11) is 0. The Morgan fingerprint density at radius 2 is 0.919 bits per heavy atom. The zero-order valence-corrected chi connectivity index (χ0v) is 33.8. The topological polar surface area (TPSA) is 90.5 Å². The van der Waals surface area contributed by atoms with Crippen molar-refractivity contribution in [2.75, 3.05) is 0 Å². The molecule has 0 fully saturated rings. The van der Waals surface area contributed by atoms with E-state index in [9.17, 15) is 0 Å². The highest BCUT2D eigenvalue weighted by molar-refractivity contribution is 7.26. The monoisotopic (exact) mass is 812 g/mol. The maximum Gasteiger partial charge on any atom is 0.167 e. The van der Waals surface area contributed by atoms with E-state index < -0.39 is 0 Å². The van der Waals surface area contributed by atoms with E-state index in [0.29, 0.717) is 23.3 Å². The fraction of sp³-hybridized carbons (Fsp3) is 0. The second kappa shape index (κ2) is 14.8. The summed E-state index contributed by atoms with van der Waals surface area (Å²) < 4.78 is 9.10. The van der Waals surface area contributed by atoms with Crippen molar-refractivity contribution in [3.8, 4) is 78.9 Å². The molecule has 0 atom stereocenters. The van der Waals surface area contributed by atoms with E-state index in [2.05, 4.69) is 124 Å². The van der Waals surface area contributed by atoms with Gasteiger partial charge in [-0.2, -0.15) is 0 Å². The number of aromatic nitrogens is 6. The van der Waals surface area contributed by atoms with Crippen LogP contribution in [0, 0.1) is 0 Å². The molecule has 290 valence electrons. The van der Waals surface area contributed by atoms with Crippen molar-refractivity contribution in [3.63, 3.8) is 0 Å². The molecule has 7 aromatic carbocycles. The van der Waals surface area contributed by atoms with Gasteiger partial charge in [0, 0.05) is 72.4 Å². The average Bonchev–Trinajstić information content (AvgIpc) is 3.94. The van der Waals surface area contributed by atoms with E-state index in [1.165, 1.54) is 15.6 Å². The van der Waals surface area contributed by atoms with Crippen LogP contribution in [0.2, 0.25) is 0 Å². The predicted octanol–water partition coefficient (Wildman–Crippen LogP) is 14.0. The van der Waals surface area contributed by atoms with Crippen molar-refractivity contribution in [1.29, 1.82) is 0 Å². The molecule has 5 heterocycles. The number of hydrogen-bond donors (Lipinski definition) is 0. The predicted molar refractivity (Wildman–Crippen MR) is 251 cm³/mol. The number of pyridine rings is 1. The minimum atomic E-state index is 0.541. The normalized spacial score (nSPS) is 11.5. The molecule has 5 aromatic heterocycles. The van der Waals surface area contributed by atoms with Gasteiger partial charge in [0.25, 0.3) is 0 Å². The Kier molecular flexibility index (Phi) is 8.53. The molecule has 0 saturated heterocycles. The highest BCUT2D eigenvalue weighted by Crippen LogP contribution is 2.45. The Balaban J connectivity index is 1.00. The van der Waals surface area contributed by atoms with Gasteiger partial charge < -0.3 is 4.42 Å². The lowest BCUT2D eigenvalue weighted by Crippen LogP contribution is -2.00. The van der Waals surface area contributed by atoms with Crippen LogP contribution < -0.4 is 0 Å². The molecule has 0 N–H and O–H groups in total. The third-order valence-electron chi connectivity index (χ3n) is 11.4. The van der Waals surface area contributed by atoms with Crippen molar-refractivity contribution in [2.24, 2.45) is 0 Å². The second-order valence-corrected chi connectivity index (χ2v) is 16.1. The van der Waals surface area contributed by atoms with Crippen LogP contribution in [0.3, 0.4) is 0 Å². The SMILES string of the molecule is c1ccc(-c2nc(-c3cccc4c3oc3cccc(-c5ccc(-c6ncccn6)cc5)c34)nc(-c3cccc4c3sc3c(-c5ccc(-c6cccnc6)cc5)cccc34)n2)cc1. The summed E-state index contributed by atoms with van der Waals surface area (Å²) in [5.41, 5.74) is 11.8. The highest BCUT2D eigenvalue weighted by Gasteiger charge is 2.21. The van der Waals surface area contributed by atoms with Crippen LogP contribution in [-0.2, 0) is 0 Å². The van der Waals surface area contributed by atoms with Crippen molar-refractivity contribution >= 4 is 53.4 Å². The van der Waals surface area contributed by atoms with E-state index in [0.717, 1.165) is 82.1 Å². The molecule has 8 heteroatoms. The quantitative estimate of drug-likeness (QED) is 0.158. The summed E-state index contributed by atoms with van der Waals surface area (Å²) >= 11 is 1.78. The van der Waals surface area contributed by atoms with Gasteiger partial charge in [0.15, 0.2) is 23.3 Å². The van der Waals surface area contributed by atoms with E-state index in [1.807, 2.05) is 66.9 Å². The van der Waals surface area contributed by atoms with Gasteiger partial charge in [0.1, 0.15) is 11.2 Å². The van der Waals surface area contributed by atoms with Crippen LogP contribution in [0.25, 0.3) is 121 Å². The minimum absolute atomic E-state index is 0.541. The fourth-order valence-corrected chi connectivity index (χ4v) is 9.79. The van der Waals surface area contributed by atoms with Crippen LogP contribution in [0.4, 0.5) is 0 Å². The summed E-state index contributed by atoms with van der Waals surface area (Å²) in [5.74, 6) is 2.43. The molecule has 12 aromatic rings. The van der Waals surface area contributed by atoms with Crippen molar-refractivity contribution in [2.45, 2.75) is 0 Å². The summed E-state index contributed by atoms with van der Waals surface area (Å²) in [6.07, 6.45) is 7.22. The first-order valence-electron chi connectivity index (χ1n) is 20.3. The average molecular weight is 813 g/mol. The van der Waals surface area contributed by atoms with Gasteiger partial charge in [-0.25, -0.2) is 24.9 Å². The van der Waals surface area contributed by atoms with E-state index >= 15 is 0 Å².